The van der Waals surface area contributed by atoms with Crippen molar-refractivity contribution in [3.63, 3.8) is 0 Å². The molecular formula is C19H22FNO2. The lowest BCUT2D eigenvalue weighted by Crippen LogP contribution is -2.38. The summed E-state index contributed by atoms with van der Waals surface area (Å²) in [5.74, 6) is -0.0748. The van der Waals surface area contributed by atoms with Crippen LogP contribution in [0.2, 0.25) is 0 Å². The molecule has 0 spiro atoms. The molecule has 0 radical (unpaired) electrons. The zero-order chi connectivity index (χ0) is 17.0. The van der Waals surface area contributed by atoms with E-state index in [0.29, 0.717) is 5.75 Å². The second-order valence-corrected chi connectivity index (χ2v) is 5.80. The molecule has 0 bridgehead atoms. The third kappa shape index (κ3) is 4.55. The van der Waals surface area contributed by atoms with Gasteiger partial charge in [0.2, 0.25) is 0 Å². The summed E-state index contributed by atoms with van der Waals surface area (Å²) >= 11 is 0. The minimum Gasteiger partial charge on any atom is -0.481 e. The van der Waals surface area contributed by atoms with E-state index in [9.17, 15) is 9.18 Å². The summed E-state index contributed by atoms with van der Waals surface area (Å²) in [6.45, 7) is 7.67. The molecule has 2 rings (SSSR count). The number of ether oxygens (including phenoxy) is 1. The van der Waals surface area contributed by atoms with Crippen LogP contribution in [0.25, 0.3) is 0 Å². The van der Waals surface area contributed by atoms with Gasteiger partial charge in [-0.15, -0.1) is 0 Å². The topological polar surface area (TPSA) is 38.3 Å². The van der Waals surface area contributed by atoms with Crippen molar-refractivity contribution in [2.75, 3.05) is 0 Å². The number of hydrogen-bond donors (Lipinski definition) is 1. The third-order valence-electron chi connectivity index (χ3n) is 3.76. The number of benzene rings is 2. The molecule has 2 aromatic carbocycles. The summed E-state index contributed by atoms with van der Waals surface area (Å²) in [6, 6.07) is 11.7. The van der Waals surface area contributed by atoms with E-state index in [2.05, 4.69) is 11.4 Å². The summed E-state index contributed by atoms with van der Waals surface area (Å²) in [5.41, 5.74) is 3.38. The molecule has 3 nitrogen and oxygen atoms in total. The van der Waals surface area contributed by atoms with E-state index in [4.69, 9.17) is 4.74 Å². The minimum atomic E-state index is -0.659. The van der Waals surface area contributed by atoms with Crippen molar-refractivity contribution >= 4 is 5.91 Å². The van der Waals surface area contributed by atoms with Crippen LogP contribution in [0.5, 0.6) is 5.75 Å². The molecule has 0 fully saturated rings. The van der Waals surface area contributed by atoms with Gasteiger partial charge in [-0.1, -0.05) is 23.8 Å². The lowest BCUT2D eigenvalue weighted by Gasteiger charge is -2.20. The summed E-state index contributed by atoms with van der Waals surface area (Å²) in [6.07, 6.45) is -0.659. The number of carbonyl (C=O) groups excluding carboxylic acids is 1. The van der Waals surface area contributed by atoms with Gasteiger partial charge in [0.25, 0.3) is 5.91 Å². The summed E-state index contributed by atoms with van der Waals surface area (Å²) in [5, 5.41) is 2.96. The Bertz CT molecular complexity index is 682. The second kappa shape index (κ2) is 7.27. The molecule has 0 saturated carbocycles. The first kappa shape index (κ1) is 17.0. The zero-order valence-electron chi connectivity index (χ0n) is 13.9. The van der Waals surface area contributed by atoms with E-state index >= 15 is 0 Å². The molecule has 0 saturated heterocycles. The van der Waals surface area contributed by atoms with Crippen molar-refractivity contribution in [3.8, 4) is 5.75 Å². The molecule has 0 aromatic heterocycles. The van der Waals surface area contributed by atoms with Crippen molar-refractivity contribution in [2.45, 2.75) is 39.8 Å². The highest BCUT2D eigenvalue weighted by Gasteiger charge is 2.18. The Balaban J connectivity index is 2.00. The van der Waals surface area contributed by atoms with Crippen LogP contribution in [-0.2, 0) is 4.79 Å². The highest BCUT2D eigenvalue weighted by atomic mass is 19.1. The van der Waals surface area contributed by atoms with Crippen molar-refractivity contribution < 1.29 is 13.9 Å². The maximum absolute atomic E-state index is 12.9. The molecule has 2 atom stereocenters. The highest BCUT2D eigenvalue weighted by molar-refractivity contribution is 5.81. The molecule has 23 heavy (non-hydrogen) atoms. The number of carbonyl (C=O) groups is 1. The monoisotopic (exact) mass is 315 g/mol. The molecule has 2 aromatic rings. The quantitative estimate of drug-likeness (QED) is 0.902. The van der Waals surface area contributed by atoms with E-state index < -0.39 is 6.10 Å². The molecule has 0 aliphatic heterocycles. The van der Waals surface area contributed by atoms with Gasteiger partial charge in [-0.25, -0.2) is 4.39 Å². The van der Waals surface area contributed by atoms with Crippen LogP contribution in [-0.4, -0.2) is 12.0 Å². The van der Waals surface area contributed by atoms with Crippen LogP contribution >= 0.6 is 0 Å². The van der Waals surface area contributed by atoms with Crippen LogP contribution in [0.4, 0.5) is 4.39 Å². The van der Waals surface area contributed by atoms with Gasteiger partial charge >= 0.3 is 0 Å². The number of halogens is 1. The Hall–Kier alpha value is -2.36. The van der Waals surface area contributed by atoms with E-state index in [1.165, 1.54) is 24.3 Å². The van der Waals surface area contributed by atoms with Gasteiger partial charge < -0.3 is 10.1 Å². The average Bonchev–Trinajstić information content (AvgIpc) is 2.51. The SMILES string of the molecule is Cc1ccc(C)c([C@H](C)NC(=O)[C@@H](C)Oc2ccc(F)cc2)c1. The molecule has 1 N–H and O–H groups in total. The predicted octanol–water partition coefficient (Wildman–Crippen LogP) is 4.09. The smallest absolute Gasteiger partial charge is 0.261 e. The van der Waals surface area contributed by atoms with Gasteiger partial charge in [-0.2, -0.15) is 0 Å². The molecule has 4 heteroatoms. The van der Waals surface area contributed by atoms with E-state index in [1.54, 1.807) is 6.92 Å². The molecular weight excluding hydrogens is 293 g/mol. The molecule has 0 heterocycles. The standard InChI is InChI=1S/C19H22FNO2/c1-12-5-6-13(2)18(11-12)14(3)21-19(22)15(4)23-17-9-7-16(20)8-10-17/h5-11,14-15H,1-4H3,(H,21,22)/t14-,15+/m0/s1. The Labute approximate surface area is 136 Å². The number of hydrogen-bond acceptors (Lipinski definition) is 2. The Morgan fingerprint density at radius 1 is 1.09 bits per heavy atom. The third-order valence-corrected chi connectivity index (χ3v) is 3.76. The Morgan fingerprint density at radius 3 is 2.39 bits per heavy atom. The van der Waals surface area contributed by atoms with Crippen molar-refractivity contribution in [1.82, 2.24) is 5.32 Å². The van der Waals surface area contributed by atoms with E-state index in [-0.39, 0.29) is 17.8 Å². The Kier molecular flexibility index (Phi) is 5.37. The summed E-state index contributed by atoms with van der Waals surface area (Å²) in [4.78, 5) is 12.3. The summed E-state index contributed by atoms with van der Waals surface area (Å²) < 4.78 is 18.4. The minimum absolute atomic E-state index is 0.110. The fraction of sp³-hybridized carbons (Fsp3) is 0.316. The van der Waals surface area contributed by atoms with E-state index in [1.807, 2.05) is 32.9 Å². The van der Waals surface area contributed by atoms with Gasteiger partial charge in [-0.05, 0) is 63.1 Å². The van der Waals surface area contributed by atoms with Crippen molar-refractivity contribution in [3.05, 3.63) is 65.0 Å². The number of amides is 1. The van der Waals surface area contributed by atoms with Gasteiger partial charge in [0.15, 0.2) is 6.10 Å². The van der Waals surface area contributed by atoms with Crippen LogP contribution in [0, 0.1) is 19.7 Å². The van der Waals surface area contributed by atoms with Gasteiger partial charge in [0, 0.05) is 0 Å². The van der Waals surface area contributed by atoms with Crippen LogP contribution in [0.15, 0.2) is 42.5 Å². The first-order chi connectivity index (χ1) is 10.9. The van der Waals surface area contributed by atoms with Crippen LogP contribution in [0.1, 0.15) is 36.6 Å². The molecule has 0 unspecified atom stereocenters. The number of aryl methyl sites for hydroxylation is 2. The highest BCUT2D eigenvalue weighted by Crippen LogP contribution is 2.19. The molecule has 122 valence electrons. The largest absolute Gasteiger partial charge is 0.481 e. The first-order valence-corrected chi connectivity index (χ1v) is 7.66. The average molecular weight is 315 g/mol. The second-order valence-electron chi connectivity index (χ2n) is 5.80. The van der Waals surface area contributed by atoms with E-state index in [0.717, 1.165) is 16.7 Å². The van der Waals surface area contributed by atoms with Gasteiger partial charge in [0.05, 0.1) is 6.04 Å². The maximum Gasteiger partial charge on any atom is 0.261 e. The Morgan fingerprint density at radius 2 is 1.74 bits per heavy atom. The zero-order valence-corrected chi connectivity index (χ0v) is 13.9. The van der Waals surface area contributed by atoms with Gasteiger partial charge in [-0.3, -0.25) is 4.79 Å². The lowest BCUT2D eigenvalue weighted by atomic mass is 10.00. The first-order valence-electron chi connectivity index (χ1n) is 7.66. The predicted molar refractivity (Wildman–Crippen MR) is 89.0 cm³/mol. The fourth-order valence-corrected chi connectivity index (χ4v) is 2.41. The lowest BCUT2D eigenvalue weighted by molar-refractivity contribution is -0.127. The molecule has 0 aliphatic rings. The number of nitrogens with one attached hydrogen (secondary N) is 1. The van der Waals surface area contributed by atoms with Crippen molar-refractivity contribution in [2.24, 2.45) is 0 Å². The van der Waals surface area contributed by atoms with Crippen LogP contribution in [0.3, 0.4) is 0 Å². The summed E-state index contributed by atoms with van der Waals surface area (Å²) in [7, 11) is 0. The molecule has 1 amide bonds. The normalized spacial score (nSPS) is 13.3. The fourth-order valence-electron chi connectivity index (χ4n) is 2.41. The van der Waals surface area contributed by atoms with Crippen LogP contribution < -0.4 is 10.1 Å². The number of rotatable bonds is 5. The van der Waals surface area contributed by atoms with Crippen molar-refractivity contribution in [1.29, 1.82) is 0 Å². The maximum atomic E-state index is 12.9. The molecule has 0 aliphatic carbocycles. The van der Waals surface area contributed by atoms with Gasteiger partial charge in [0.1, 0.15) is 11.6 Å².